The lowest BCUT2D eigenvalue weighted by molar-refractivity contribution is -0.117. The molecule has 124 valence electrons. The predicted molar refractivity (Wildman–Crippen MR) is 103 cm³/mol. The van der Waals surface area contributed by atoms with Crippen LogP contribution in [0.4, 0.5) is 5.69 Å². The number of anilines is 1. The third kappa shape index (κ3) is 4.20. The van der Waals surface area contributed by atoms with E-state index in [1.807, 2.05) is 55.3 Å². The van der Waals surface area contributed by atoms with E-state index < -0.39 is 0 Å². The van der Waals surface area contributed by atoms with Crippen molar-refractivity contribution in [1.82, 2.24) is 9.88 Å². The molecule has 0 aliphatic carbocycles. The van der Waals surface area contributed by atoms with Gasteiger partial charge in [-0.25, -0.2) is 4.98 Å². The summed E-state index contributed by atoms with van der Waals surface area (Å²) >= 11 is 5.15. The van der Waals surface area contributed by atoms with E-state index in [-0.39, 0.29) is 5.91 Å². The van der Waals surface area contributed by atoms with E-state index in [0.29, 0.717) is 13.1 Å². The summed E-state index contributed by atoms with van der Waals surface area (Å²) in [5.74, 6) is -0.0330. The zero-order valence-electron chi connectivity index (χ0n) is 13.5. The molecule has 1 heterocycles. The Morgan fingerprint density at radius 1 is 1.29 bits per heavy atom. The monoisotopic (exact) mass is 403 g/mol. The number of rotatable bonds is 5. The molecular weight excluding hydrogens is 386 g/mol. The minimum Gasteiger partial charge on any atom is -0.325 e. The number of benzene rings is 2. The largest absolute Gasteiger partial charge is 0.325 e. The van der Waals surface area contributed by atoms with E-state index in [9.17, 15) is 4.79 Å². The van der Waals surface area contributed by atoms with Gasteiger partial charge in [0.1, 0.15) is 5.01 Å². The number of thiazole rings is 1. The first kappa shape index (κ1) is 17.1. The molecule has 0 atom stereocenters. The highest BCUT2D eigenvalue weighted by Gasteiger charge is 2.11. The Labute approximate surface area is 153 Å². The maximum atomic E-state index is 12.2. The van der Waals surface area contributed by atoms with Crippen molar-refractivity contribution in [2.75, 3.05) is 18.9 Å². The molecule has 3 aromatic rings. The number of para-hydroxylation sites is 1. The van der Waals surface area contributed by atoms with E-state index in [1.165, 1.54) is 4.70 Å². The lowest BCUT2D eigenvalue weighted by atomic mass is 10.2. The number of aromatic nitrogens is 1. The van der Waals surface area contributed by atoms with Gasteiger partial charge in [0.25, 0.3) is 0 Å². The van der Waals surface area contributed by atoms with Gasteiger partial charge in [0.2, 0.25) is 5.91 Å². The number of carbonyl (C=O) groups excluding carboxylic acids is 1. The Kier molecular flexibility index (Phi) is 5.28. The van der Waals surface area contributed by atoms with Crippen molar-refractivity contribution in [3.05, 3.63) is 57.5 Å². The second-order valence-electron chi connectivity index (χ2n) is 5.76. The molecule has 0 radical (unpaired) electrons. The summed E-state index contributed by atoms with van der Waals surface area (Å²) in [5, 5.41) is 3.94. The van der Waals surface area contributed by atoms with Crippen LogP contribution in [0.2, 0.25) is 0 Å². The molecule has 0 unspecified atom stereocenters. The summed E-state index contributed by atoms with van der Waals surface area (Å²) < 4.78 is 2.16. The molecule has 4 nitrogen and oxygen atoms in total. The summed E-state index contributed by atoms with van der Waals surface area (Å²) in [6.07, 6.45) is 0. The smallest absolute Gasteiger partial charge is 0.238 e. The van der Waals surface area contributed by atoms with Crippen molar-refractivity contribution >= 4 is 49.1 Å². The number of fused-ring (bicyclic) bond motifs is 1. The van der Waals surface area contributed by atoms with Gasteiger partial charge in [0, 0.05) is 10.2 Å². The molecule has 0 spiro atoms. The van der Waals surface area contributed by atoms with Gasteiger partial charge in [-0.2, -0.15) is 0 Å². The number of carbonyl (C=O) groups is 1. The topological polar surface area (TPSA) is 45.2 Å². The third-order valence-corrected chi connectivity index (χ3v) is 5.49. The van der Waals surface area contributed by atoms with Crippen molar-refractivity contribution in [2.45, 2.75) is 13.5 Å². The van der Waals surface area contributed by atoms with Crippen molar-refractivity contribution < 1.29 is 4.79 Å². The van der Waals surface area contributed by atoms with Gasteiger partial charge in [-0.3, -0.25) is 9.69 Å². The third-order valence-electron chi connectivity index (χ3n) is 3.61. The molecule has 0 aliphatic heterocycles. The molecule has 2 aromatic carbocycles. The Morgan fingerprint density at radius 2 is 2.08 bits per heavy atom. The first-order valence-electron chi connectivity index (χ1n) is 7.60. The SMILES string of the molecule is Cc1ccc(NC(=O)CN(C)Cc2nc3ccccc3s2)cc1Br. The fourth-order valence-electron chi connectivity index (χ4n) is 2.39. The van der Waals surface area contributed by atoms with Crippen LogP contribution in [0.5, 0.6) is 0 Å². The molecule has 0 saturated heterocycles. The van der Waals surface area contributed by atoms with Crippen LogP contribution in [-0.2, 0) is 11.3 Å². The van der Waals surface area contributed by atoms with E-state index >= 15 is 0 Å². The quantitative estimate of drug-likeness (QED) is 0.684. The zero-order valence-corrected chi connectivity index (χ0v) is 15.9. The molecule has 1 aromatic heterocycles. The number of hydrogen-bond acceptors (Lipinski definition) is 4. The Balaban J connectivity index is 1.58. The second kappa shape index (κ2) is 7.42. The van der Waals surface area contributed by atoms with Gasteiger partial charge in [-0.05, 0) is 43.8 Å². The highest BCUT2D eigenvalue weighted by molar-refractivity contribution is 9.10. The van der Waals surface area contributed by atoms with Crippen LogP contribution in [0.1, 0.15) is 10.6 Å². The molecule has 0 saturated carbocycles. The van der Waals surface area contributed by atoms with Crippen LogP contribution < -0.4 is 5.32 Å². The van der Waals surface area contributed by atoms with Crippen LogP contribution in [0.25, 0.3) is 10.2 Å². The van der Waals surface area contributed by atoms with Gasteiger partial charge in [0.15, 0.2) is 0 Å². The molecule has 0 bridgehead atoms. The molecule has 0 aliphatic rings. The second-order valence-corrected chi connectivity index (χ2v) is 7.73. The predicted octanol–water partition coefficient (Wildman–Crippen LogP) is 4.44. The van der Waals surface area contributed by atoms with E-state index in [2.05, 4.69) is 32.3 Å². The molecule has 3 rings (SSSR count). The van der Waals surface area contributed by atoms with Crippen molar-refractivity contribution in [2.24, 2.45) is 0 Å². The fraction of sp³-hybridized carbons (Fsp3) is 0.222. The first-order valence-corrected chi connectivity index (χ1v) is 9.21. The maximum Gasteiger partial charge on any atom is 0.238 e. The summed E-state index contributed by atoms with van der Waals surface area (Å²) in [4.78, 5) is 18.8. The number of halogens is 1. The molecule has 6 heteroatoms. The first-order chi connectivity index (χ1) is 11.5. The number of hydrogen-bond donors (Lipinski definition) is 1. The van der Waals surface area contributed by atoms with Crippen molar-refractivity contribution in [1.29, 1.82) is 0 Å². The average Bonchev–Trinajstić information content (AvgIpc) is 2.92. The van der Waals surface area contributed by atoms with Gasteiger partial charge in [-0.1, -0.05) is 34.1 Å². The number of aryl methyl sites for hydroxylation is 1. The number of nitrogens with zero attached hydrogens (tertiary/aromatic N) is 2. The average molecular weight is 404 g/mol. The van der Waals surface area contributed by atoms with E-state index in [0.717, 1.165) is 26.2 Å². The van der Waals surface area contributed by atoms with Crippen LogP contribution in [-0.4, -0.2) is 29.4 Å². The van der Waals surface area contributed by atoms with E-state index in [1.54, 1.807) is 11.3 Å². The minimum absolute atomic E-state index is 0.0330. The summed E-state index contributed by atoms with van der Waals surface area (Å²) in [6, 6.07) is 13.9. The van der Waals surface area contributed by atoms with Crippen LogP contribution in [0.15, 0.2) is 46.9 Å². The minimum atomic E-state index is -0.0330. The van der Waals surface area contributed by atoms with Gasteiger partial charge in [-0.15, -0.1) is 11.3 Å². The van der Waals surface area contributed by atoms with Crippen LogP contribution in [0.3, 0.4) is 0 Å². The van der Waals surface area contributed by atoms with Crippen molar-refractivity contribution in [3.8, 4) is 0 Å². The van der Waals surface area contributed by atoms with Gasteiger partial charge >= 0.3 is 0 Å². The van der Waals surface area contributed by atoms with Gasteiger partial charge < -0.3 is 5.32 Å². The summed E-state index contributed by atoms with van der Waals surface area (Å²) in [6.45, 7) is 2.99. The lowest BCUT2D eigenvalue weighted by Gasteiger charge is -2.15. The molecule has 1 N–H and O–H groups in total. The number of likely N-dealkylation sites (N-methyl/N-ethyl adjacent to an activating group) is 1. The molecule has 1 amide bonds. The van der Waals surface area contributed by atoms with E-state index in [4.69, 9.17) is 0 Å². The highest BCUT2D eigenvalue weighted by Crippen LogP contribution is 2.23. The zero-order chi connectivity index (χ0) is 17.1. The maximum absolute atomic E-state index is 12.2. The molecule has 24 heavy (non-hydrogen) atoms. The Hall–Kier alpha value is -1.76. The Morgan fingerprint density at radius 3 is 2.83 bits per heavy atom. The Bertz CT molecular complexity index is 845. The van der Waals surface area contributed by atoms with Crippen molar-refractivity contribution in [3.63, 3.8) is 0 Å². The standard InChI is InChI=1S/C18H18BrN3OS/c1-12-7-8-13(9-14(12)19)20-17(23)10-22(2)11-18-21-15-5-3-4-6-16(15)24-18/h3-9H,10-11H2,1-2H3,(H,20,23). The highest BCUT2D eigenvalue weighted by atomic mass is 79.9. The number of amides is 1. The summed E-state index contributed by atoms with van der Waals surface area (Å²) in [5.41, 5.74) is 2.95. The molecular formula is C18H18BrN3OS. The summed E-state index contributed by atoms with van der Waals surface area (Å²) in [7, 11) is 1.93. The number of nitrogens with one attached hydrogen (secondary N) is 1. The fourth-order valence-corrected chi connectivity index (χ4v) is 3.82. The van der Waals surface area contributed by atoms with Crippen LogP contribution >= 0.6 is 27.3 Å². The normalized spacial score (nSPS) is 11.2. The molecule has 0 fully saturated rings. The van der Waals surface area contributed by atoms with Crippen LogP contribution in [0, 0.1) is 6.92 Å². The van der Waals surface area contributed by atoms with Gasteiger partial charge in [0.05, 0.1) is 23.3 Å². The lowest BCUT2D eigenvalue weighted by Crippen LogP contribution is -2.29.